The molecule has 0 saturated heterocycles. The molecule has 1 unspecified atom stereocenters. The summed E-state index contributed by atoms with van der Waals surface area (Å²) in [5, 5.41) is 2.88. The smallest absolute Gasteiger partial charge is 0.252 e. The van der Waals surface area contributed by atoms with Crippen LogP contribution in [0.4, 0.5) is 0 Å². The first-order chi connectivity index (χ1) is 15.7. The fourth-order valence-electron chi connectivity index (χ4n) is 2.76. The molecule has 0 aromatic heterocycles. The monoisotopic (exact) mass is 435 g/mol. The fraction of sp³-hybridized carbons (Fsp3) is 0.346. The SMILES string of the molecule is C#CCOC(COc1ccc(CC)cc1)C(=O)NCCc1ccc(OCC#COC)cc1. The summed E-state index contributed by atoms with van der Waals surface area (Å²) in [4.78, 5) is 12.6. The minimum absolute atomic E-state index is 0.0342. The van der Waals surface area contributed by atoms with Crippen LogP contribution in [0.5, 0.6) is 11.5 Å². The predicted octanol–water partition coefficient (Wildman–Crippen LogP) is 2.99. The van der Waals surface area contributed by atoms with Gasteiger partial charge in [0.2, 0.25) is 0 Å². The van der Waals surface area contributed by atoms with E-state index >= 15 is 0 Å². The van der Waals surface area contributed by atoms with E-state index in [0.29, 0.717) is 18.7 Å². The summed E-state index contributed by atoms with van der Waals surface area (Å²) in [6.45, 7) is 2.92. The van der Waals surface area contributed by atoms with Gasteiger partial charge in [-0.3, -0.25) is 4.79 Å². The van der Waals surface area contributed by atoms with Crippen molar-refractivity contribution in [2.75, 3.05) is 33.5 Å². The van der Waals surface area contributed by atoms with Crippen molar-refractivity contribution < 1.29 is 23.7 Å². The molecule has 0 fully saturated rings. The molecule has 1 N–H and O–H groups in total. The molecule has 0 aliphatic heterocycles. The second kappa shape index (κ2) is 14.4. The second-order valence-electron chi connectivity index (χ2n) is 6.77. The number of amides is 1. The van der Waals surface area contributed by atoms with Crippen LogP contribution in [0.3, 0.4) is 0 Å². The van der Waals surface area contributed by atoms with Gasteiger partial charge < -0.3 is 24.3 Å². The number of terminal acetylenes is 1. The van der Waals surface area contributed by atoms with Crippen LogP contribution in [0.1, 0.15) is 18.1 Å². The molecule has 0 aliphatic rings. The van der Waals surface area contributed by atoms with Crippen molar-refractivity contribution in [1.29, 1.82) is 0 Å². The zero-order chi connectivity index (χ0) is 23.0. The van der Waals surface area contributed by atoms with Crippen molar-refractivity contribution in [3.8, 4) is 35.9 Å². The summed E-state index contributed by atoms with van der Waals surface area (Å²) in [5.74, 6) is 6.25. The molecular formula is C26H29NO5. The first kappa shape index (κ1) is 24.7. The predicted molar refractivity (Wildman–Crippen MR) is 123 cm³/mol. The van der Waals surface area contributed by atoms with Gasteiger partial charge in [0.25, 0.3) is 5.91 Å². The molecule has 168 valence electrons. The topological polar surface area (TPSA) is 66.0 Å². The molecule has 0 radical (unpaired) electrons. The van der Waals surface area contributed by atoms with Crippen molar-refractivity contribution in [3.05, 3.63) is 59.7 Å². The summed E-state index contributed by atoms with van der Waals surface area (Å²) in [6, 6.07) is 15.4. The summed E-state index contributed by atoms with van der Waals surface area (Å²) >= 11 is 0. The molecule has 6 nitrogen and oxygen atoms in total. The quantitative estimate of drug-likeness (QED) is 0.519. The minimum Gasteiger partial charge on any atom is -0.490 e. The normalized spacial score (nSPS) is 10.8. The highest BCUT2D eigenvalue weighted by Gasteiger charge is 2.19. The Hall–Kier alpha value is -3.61. The Balaban J connectivity index is 1.79. The fourth-order valence-corrected chi connectivity index (χ4v) is 2.76. The summed E-state index contributed by atoms with van der Waals surface area (Å²) in [7, 11) is 1.50. The van der Waals surface area contributed by atoms with Crippen molar-refractivity contribution in [2.24, 2.45) is 0 Å². The minimum atomic E-state index is -0.791. The largest absolute Gasteiger partial charge is 0.490 e. The third-order valence-corrected chi connectivity index (χ3v) is 4.51. The molecule has 0 bridgehead atoms. The van der Waals surface area contributed by atoms with Crippen molar-refractivity contribution in [3.63, 3.8) is 0 Å². The van der Waals surface area contributed by atoms with E-state index in [1.165, 1.54) is 12.7 Å². The van der Waals surface area contributed by atoms with Crippen molar-refractivity contribution >= 4 is 5.91 Å². The van der Waals surface area contributed by atoms with E-state index in [9.17, 15) is 4.79 Å². The van der Waals surface area contributed by atoms with E-state index in [2.05, 4.69) is 34.9 Å². The lowest BCUT2D eigenvalue weighted by Crippen LogP contribution is -2.41. The maximum atomic E-state index is 12.6. The first-order valence-electron chi connectivity index (χ1n) is 10.4. The Morgan fingerprint density at radius 3 is 2.28 bits per heavy atom. The van der Waals surface area contributed by atoms with Gasteiger partial charge in [-0.25, -0.2) is 0 Å². The molecule has 0 saturated carbocycles. The first-order valence-corrected chi connectivity index (χ1v) is 10.4. The van der Waals surface area contributed by atoms with E-state index in [1.54, 1.807) is 0 Å². The number of methoxy groups -OCH3 is 1. The van der Waals surface area contributed by atoms with Gasteiger partial charge in [0.1, 0.15) is 30.8 Å². The van der Waals surface area contributed by atoms with Crippen LogP contribution in [-0.4, -0.2) is 45.5 Å². The van der Waals surface area contributed by atoms with E-state index in [-0.39, 0.29) is 25.7 Å². The van der Waals surface area contributed by atoms with Gasteiger partial charge in [-0.15, -0.1) is 6.42 Å². The number of carbonyl (C=O) groups is 1. The van der Waals surface area contributed by atoms with E-state index < -0.39 is 6.10 Å². The van der Waals surface area contributed by atoms with Gasteiger partial charge in [0.05, 0.1) is 7.11 Å². The number of hydrogen-bond acceptors (Lipinski definition) is 5. The number of benzene rings is 2. The molecule has 0 aliphatic carbocycles. The number of ether oxygens (including phenoxy) is 4. The molecule has 32 heavy (non-hydrogen) atoms. The maximum Gasteiger partial charge on any atom is 0.252 e. The van der Waals surface area contributed by atoms with Crippen LogP contribution < -0.4 is 14.8 Å². The molecule has 0 spiro atoms. The number of rotatable bonds is 12. The highest BCUT2D eigenvalue weighted by molar-refractivity contribution is 5.81. The summed E-state index contributed by atoms with van der Waals surface area (Å²) < 4.78 is 21.3. The van der Waals surface area contributed by atoms with Crippen molar-refractivity contribution in [2.45, 2.75) is 25.9 Å². The number of hydrogen-bond donors (Lipinski definition) is 1. The molecule has 1 amide bonds. The lowest BCUT2D eigenvalue weighted by Gasteiger charge is -2.17. The molecule has 2 aromatic carbocycles. The van der Waals surface area contributed by atoms with Crippen LogP contribution in [-0.2, 0) is 27.1 Å². The maximum absolute atomic E-state index is 12.6. The van der Waals surface area contributed by atoms with Crippen LogP contribution >= 0.6 is 0 Å². The molecule has 2 aromatic rings. The van der Waals surface area contributed by atoms with Gasteiger partial charge in [-0.2, -0.15) is 0 Å². The lowest BCUT2D eigenvalue weighted by molar-refractivity contribution is -0.133. The summed E-state index contributed by atoms with van der Waals surface area (Å²) in [6.07, 6.45) is 8.57. The van der Waals surface area contributed by atoms with Crippen LogP contribution in [0.25, 0.3) is 0 Å². The third kappa shape index (κ3) is 9.04. The van der Waals surface area contributed by atoms with E-state index in [4.69, 9.17) is 20.6 Å². The van der Waals surface area contributed by atoms with Gasteiger partial charge >= 0.3 is 0 Å². The standard InChI is InChI=1S/C26H29NO5/c1-4-17-31-25(20-32-24-11-7-21(5-2)8-12-24)26(28)27-16-15-22-9-13-23(14-10-22)30-19-6-18-29-3/h1,7-14,25H,5,15-17,19-20H2,2-3H3,(H,27,28). The Labute approximate surface area is 190 Å². The van der Waals surface area contributed by atoms with Crippen molar-refractivity contribution in [1.82, 2.24) is 5.32 Å². The Kier molecular flexibility index (Phi) is 11.1. The zero-order valence-electron chi connectivity index (χ0n) is 18.6. The highest BCUT2D eigenvalue weighted by Crippen LogP contribution is 2.14. The van der Waals surface area contributed by atoms with Crippen LogP contribution in [0.2, 0.25) is 0 Å². The Morgan fingerprint density at radius 2 is 1.66 bits per heavy atom. The summed E-state index contributed by atoms with van der Waals surface area (Å²) in [5.41, 5.74) is 2.28. The highest BCUT2D eigenvalue weighted by atomic mass is 16.5. The number of aryl methyl sites for hydroxylation is 1. The number of carbonyl (C=O) groups excluding carboxylic acids is 1. The van der Waals surface area contributed by atoms with Crippen LogP contribution in [0.15, 0.2) is 48.5 Å². The molecule has 6 heteroatoms. The second-order valence-corrected chi connectivity index (χ2v) is 6.77. The molecule has 1 atom stereocenters. The Bertz CT molecular complexity index is 920. The lowest BCUT2D eigenvalue weighted by atomic mass is 10.1. The average molecular weight is 436 g/mol. The van der Waals surface area contributed by atoms with Crippen LogP contribution in [0, 0.1) is 24.4 Å². The van der Waals surface area contributed by atoms with E-state index in [1.807, 2.05) is 48.5 Å². The molecule has 0 heterocycles. The van der Waals surface area contributed by atoms with Gasteiger partial charge in [-0.1, -0.05) is 37.1 Å². The third-order valence-electron chi connectivity index (χ3n) is 4.51. The average Bonchev–Trinajstić information content (AvgIpc) is 2.83. The van der Waals surface area contributed by atoms with Gasteiger partial charge in [0, 0.05) is 6.54 Å². The number of nitrogens with one attached hydrogen (secondary N) is 1. The zero-order valence-corrected chi connectivity index (χ0v) is 18.6. The van der Waals surface area contributed by atoms with Gasteiger partial charge in [-0.05, 0) is 54.2 Å². The van der Waals surface area contributed by atoms with Gasteiger partial charge in [0.15, 0.2) is 12.7 Å². The molecular weight excluding hydrogens is 406 g/mol. The molecule has 2 rings (SSSR count). The van der Waals surface area contributed by atoms with E-state index in [0.717, 1.165) is 17.7 Å². The Morgan fingerprint density at radius 1 is 1.00 bits per heavy atom.